The molecule has 12 heavy (non-hydrogen) atoms. The molecule has 3 rings (SSSR count). The van der Waals surface area contributed by atoms with E-state index >= 15 is 0 Å². The number of allylic oxidation sites excluding steroid dienone is 7. The Morgan fingerprint density at radius 2 is 2.25 bits per heavy atom. The summed E-state index contributed by atoms with van der Waals surface area (Å²) >= 11 is 0. The van der Waals surface area contributed by atoms with E-state index in [1.54, 1.807) is 0 Å². The average Bonchev–Trinajstić information content (AvgIpc) is 2.52. The number of hydrogen-bond donors (Lipinski definition) is 1. The van der Waals surface area contributed by atoms with E-state index in [9.17, 15) is 5.11 Å². The lowest BCUT2D eigenvalue weighted by molar-refractivity contribution is 0.404. The van der Waals surface area contributed by atoms with Crippen molar-refractivity contribution in [1.29, 1.82) is 0 Å². The predicted molar refractivity (Wildman–Crippen MR) is 47.7 cm³/mol. The Morgan fingerprint density at radius 1 is 1.33 bits per heavy atom. The maximum Gasteiger partial charge on any atom is 0.118 e. The molecule has 0 aromatic rings. The molecule has 0 amide bonds. The second-order valence-corrected chi connectivity index (χ2v) is 3.78. The summed E-state index contributed by atoms with van der Waals surface area (Å²) in [6.07, 6.45) is 12.6. The molecule has 0 saturated heterocycles. The molecule has 0 aliphatic heterocycles. The first-order chi connectivity index (χ1) is 5.80. The fraction of sp³-hybridized carbons (Fsp3) is 0.273. The molecule has 3 aliphatic rings. The highest BCUT2D eigenvalue weighted by molar-refractivity contribution is 5.55. The fourth-order valence-corrected chi connectivity index (χ4v) is 2.36. The second-order valence-electron chi connectivity index (χ2n) is 3.78. The molecule has 2 bridgehead atoms. The minimum absolute atomic E-state index is 0.238. The van der Waals surface area contributed by atoms with E-state index in [1.165, 1.54) is 5.57 Å². The van der Waals surface area contributed by atoms with Crippen molar-refractivity contribution < 1.29 is 5.11 Å². The SMILES string of the molecule is OC1=C2C=C3C=CCC3(C=C1)C2. The summed E-state index contributed by atoms with van der Waals surface area (Å²) in [5, 5.41) is 9.47. The lowest BCUT2D eigenvalue weighted by Gasteiger charge is -2.24. The van der Waals surface area contributed by atoms with Gasteiger partial charge in [0.05, 0.1) is 0 Å². The first kappa shape index (κ1) is 6.30. The number of aliphatic hydroxyl groups is 1. The first-order valence-electron chi connectivity index (χ1n) is 4.30. The van der Waals surface area contributed by atoms with Crippen molar-refractivity contribution in [2.75, 3.05) is 0 Å². The van der Waals surface area contributed by atoms with Gasteiger partial charge in [0.1, 0.15) is 5.76 Å². The van der Waals surface area contributed by atoms with Gasteiger partial charge in [-0.05, 0) is 30.1 Å². The van der Waals surface area contributed by atoms with Gasteiger partial charge in [-0.3, -0.25) is 0 Å². The lowest BCUT2D eigenvalue weighted by atomic mass is 9.79. The van der Waals surface area contributed by atoms with Crippen LogP contribution in [0.4, 0.5) is 0 Å². The van der Waals surface area contributed by atoms with Crippen molar-refractivity contribution in [3.63, 3.8) is 0 Å². The Hall–Kier alpha value is -1.24. The highest BCUT2D eigenvalue weighted by Crippen LogP contribution is 2.52. The Balaban J connectivity index is 2.25. The summed E-state index contributed by atoms with van der Waals surface area (Å²) in [6, 6.07) is 0. The largest absolute Gasteiger partial charge is 0.508 e. The molecular formula is C11H10O. The van der Waals surface area contributed by atoms with Crippen LogP contribution in [0, 0.1) is 5.41 Å². The quantitative estimate of drug-likeness (QED) is 0.574. The van der Waals surface area contributed by atoms with Gasteiger partial charge in [0.25, 0.3) is 0 Å². The van der Waals surface area contributed by atoms with Gasteiger partial charge in [-0.15, -0.1) is 0 Å². The van der Waals surface area contributed by atoms with Crippen LogP contribution < -0.4 is 0 Å². The normalized spacial score (nSPS) is 35.8. The molecule has 1 heteroatoms. The topological polar surface area (TPSA) is 20.2 Å². The van der Waals surface area contributed by atoms with Gasteiger partial charge in [0.15, 0.2) is 0 Å². The maximum absolute atomic E-state index is 9.47. The molecular weight excluding hydrogens is 148 g/mol. The second kappa shape index (κ2) is 1.74. The maximum atomic E-state index is 9.47. The van der Waals surface area contributed by atoms with E-state index in [2.05, 4.69) is 24.3 Å². The fourth-order valence-electron chi connectivity index (χ4n) is 2.36. The van der Waals surface area contributed by atoms with Gasteiger partial charge in [0.2, 0.25) is 0 Å². The van der Waals surface area contributed by atoms with Crippen LogP contribution in [0.5, 0.6) is 0 Å². The van der Waals surface area contributed by atoms with E-state index in [0.29, 0.717) is 5.76 Å². The molecule has 0 fully saturated rings. The highest BCUT2D eigenvalue weighted by Gasteiger charge is 2.40. The zero-order valence-electron chi connectivity index (χ0n) is 6.75. The van der Waals surface area contributed by atoms with Crippen molar-refractivity contribution >= 4 is 0 Å². The molecule has 0 saturated carbocycles. The molecule has 0 aromatic carbocycles. The van der Waals surface area contributed by atoms with Crippen molar-refractivity contribution in [2.24, 2.45) is 5.41 Å². The van der Waals surface area contributed by atoms with Crippen LogP contribution in [0.2, 0.25) is 0 Å². The summed E-state index contributed by atoms with van der Waals surface area (Å²) in [5.41, 5.74) is 2.72. The van der Waals surface area contributed by atoms with E-state index < -0.39 is 0 Å². The smallest absolute Gasteiger partial charge is 0.118 e. The van der Waals surface area contributed by atoms with Crippen LogP contribution in [-0.4, -0.2) is 5.11 Å². The summed E-state index contributed by atoms with van der Waals surface area (Å²) in [4.78, 5) is 0. The van der Waals surface area contributed by atoms with Crippen LogP contribution in [0.15, 0.2) is 47.3 Å². The van der Waals surface area contributed by atoms with E-state index in [-0.39, 0.29) is 5.41 Å². The zero-order chi connectivity index (χ0) is 8.18. The van der Waals surface area contributed by atoms with Gasteiger partial charge in [-0.2, -0.15) is 0 Å². The van der Waals surface area contributed by atoms with Crippen molar-refractivity contribution in [3.8, 4) is 0 Å². The van der Waals surface area contributed by atoms with E-state index in [0.717, 1.165) is 18.4 Å². The van der Waals surface area contributed by atoms with Crippen molar-refractivity contribution in [1.82, 2.24) is 0 Å². The molecule has 1 atom stereocenters. The third-order valence-corrected chi connectivity index (χ3v) is 3.08. The monoisotopic (exact) mass is 158 g/mol. The molecule has 0 heterocycles. The van der Waals surface area contributed by atoms with E-state index in [1.807, 2.05) is 6.08 Å². The van der Waals surface area contributed by atoms with Crippen LogP contribution in [0.1, 0.15) is 12.8 Å². The zero-order valence-corrected chi connectivity index (χ0v) is 6.75. The van der Waals surface area contributed by atoms with Crippen LogP contribution in [0.25, 0.3) is 0 Å². The van der Waals surface area contributed by atoms with Crippen molar-refractivity contribution in [3.05, 3.63) is 47.3 Å². The molecule has 1 spiro atoms. The van der Waals surface area contributed by atoms with Crippen LogP contribution in [-0.2, 0) is 0 Å². The molecule has 1 nitrogen and oxygen atoms in total. The van der Waals surface area contributed by atoms with Gasteiger partial charge in [-0.1, -0.05) is 24.3 Å². The third-order valence-electron chi connectivity index (χ3n) is 3.08. The Morgan fingerprint density at radius 3 is 3.17 bits per heavy atom. The predicted octanol–water partition coefficient (Wildman–Crippen LogP) is 2.64. The van der Waals surface area contributed by atoms with Gasteiger partial charge in [-0.25, -0.2) is 0 Å². The summed E-state index contributed by atoms with van der Waals surface area (Å²) in [7, 11) is 0. The summed E-state index contributed by atoms with van der Waals surface area (Å²) < 4.78 is 0. The Labute approximate surface area is 71.4 Å². The highest BCUT2D eigenvalue weighted by atomic mass is 16.3. The summed E-state index contributed by atoms with van der Waals surface area (Å²) in [6.45, 7) is 0. The average molecular weight is 158 g/mol. The summed E-state index contributed by atoms with van der Waals surface area (Å²) in [5.74, 6) is 0.455. The standard InChI is InChI=1S/C11H10O/c12-10-3-5-11-4-1-2-9(11)6-8(10)7-11/h1-3,5-6,12H,4,7H2. The minimum atomic E-state index is 0.238. The number of fused-ring (bicyclic) bond motifs is 1. The number of rotatable bonds is 0. The third kappa shape index (κ3) is 0.558. The number of hydrogen-bond acceptors (Lipinski definition) is 1. The molecule has 0 aromatic heterocycles. The van der Waals surface area contributed by atoms with E-state index in [4.69, 9.17) is 0 Å². The lowest BCUT2D eigenvalue weighted by Crippen LogP contribution is -2.14. The van der Waals surface area contributed by atoms with Crippen LogP contribution in [0.3, 0.4) is 0 Å². The van der Waals surface area contributed by atoms with Gasteiger partial charge in [0, 0.05) is 5.41 Å². The number of aliphatic hydroxyl groups excluding tert-OH is 1. The Bertz CT molecular complexity index is 368. The van der Waals surface area contributed by atoms with Gasteiger partial charge >= 0.3 is 0 Å². The molecule has 1 N–H and O–H groups in total. The molecule has 60 valence electrons. The van der Waals surface area contributed by atoms with Crippen LogP contribution >= 0.6 is 0 Å². The minimum Gasteiger partial charge on any atom is -0.508 e. The Kier molecular flexibility index (Phi) is 0.912. The van der Waals surface area contributed by atoms with Crippen molar-refractivity contribution in [2.45, 2.75) is 12.8 Å². The van der Waals surface area contributed by atoms with Gasteiger partial charge < -0.3 is 5.11 Å². The molecule has 0 radical (unpaired) electrons. The molecule has 3 aliphatic carbocycles. The molecule has 1 unspecified atom stereocenters. The first-order valence-corrected chi connectivity index (χ1v) is 4.30.